The van der Waals surface area contributed by atoms with Crippen LogP contribution in [0.2, 0.25) is 0 Å². The van der Waals surface area contributed by atoms with Crippen molar-refractivity contribution in [3.63, 3.8) is 0 Å². The third kappa shape index (κ3) is 3.58. The summed E-state index contributed by atoms with van der Waals surface area (Å²) >= 11 is 0. The standard InChI is InChI=1S/C22H22N4O2/c1-15-18(13-16-7-3-2-4-8-16)21(27)25-20(24-15)19-10-6-12-26(19)22(28)17-9-5-11-23-14-17/h2-5,7-9,11,14,19H,6,10,12-13H2,1H3,(H,24,25,27)/t19-/m1/s1. The molecule has 0 bridgehead atoms. The van der Waals surface area contributed by atoms with Crippen LogP contribution in [0.3, 0.4) is 0 Å². The fourth-order valence-corrected chi connectivity index (χ4v) is 3.75. The number of aryl methyl sites for hydroxylation is 1. The lowest BCUT2D eigenvalue weighted by Crippen LogP contribution is -2.33. The van der Waals surface area contributed by atoms with Crippen LogP contribution in [-0.4, -0.2) is 32.3 Å². The van der Waals surface area contributed by atoms with Crippen molar-refractivity contribution in [2.75, 3.05) is 6.54 Å². The van der Waals surface area contributed by atoms with Crippen molar-refractivity contribution in [2.24, 2.45) is 0 Å². The summed E-state index contributed by atoms with van der Waals surface area (Å²) < 4.78 is 0. The number of nitrogens with one attached hydrogen (secondary N) is 1. The zero-order chi connectivity index (χ0) is 19.5. The van der Waals surface area contributed by atoms with Gasteiger partial charge in [0.25, 0.3) is 11.5 Å². The first kappa shape index (κ1) is 18.1. The van der Waals surface area contributed by atoms with E-state index < -0.39 is 0 Å². The number of amides is 1. The van der Waals surface area contributed by atoms with Gasteiger partial charge in [0, 0.05) is 36.6 Å². The Morgan fingerprint density at radius 1 is 1.21 bits per heavy atom. The van der Waals surface area contributed by atoms with Crippen LogP contribution in [0.25, 0.3) is 0 Å². The van der Waals surface area contributed by atoms with Crippen molar-refractivity contribution in [1.82, 2.24) is 19.9 Å². The van der Waals surface area contributed by atoms with Gasteiger partial charge in [0.2, 0.25) is 0 Å². The summed E-state index contributed by atoms with van der Waals surface area (Å²) in [7, 11) is 0. The number of carbonyl (C=O) groups excluding carboxylic acids is 1. The smallest absolute Gasteiger partial charge is 0.256 e. The minimum absolute atomic E-state index is 0.0794. The number of nitrogens with zero attached hydrogens (tertiary/aromatic N) is 3. The summed E-state index contributed by atoms with van der Waals surface area (Å²) in [5.41, 5.74) is 2.86. The fraction of sp³-hybridized carbons (Fsp3) is 0.273. The van der Waals surface area contributed by atoms with Gasteiger partial charge >= 0.3 is 0 Å². The molecular formula is C22H22N4O2. The lowest BCUT2D eigenvalue weighted by molar-refractivity contribution is 0.0729. The molecule has 28 heavy (non-hydrogen) atoms. The van der Waals surface area contributed by atoms with E-state index in [4.69, 9.17) is 0 Å². The van der Waals surface area contributed by atoms with Crippen molar-refractivity contribution in [2.45, 2.75) is 32.2 Å². The SMILES string of the molecule is Cc1nc([C@H]2CCCN2C(=O)c2cccnc2)[nH]c(=O)c1Cc1ccccc1. The Balaban J connectivity index is 1.62. The van der Waals surface area contributed by atoms with E-state index in [9.17, 15) is 9.59 Å². The third-order valence-electron chi connectivity index (χ3n) is 5.20. The maximum atomic E-state index is 12.9. The Morgan fingerprint density at radius 2 is 2.04 bits per heavy atom. The Labute approximate surface area is 163 Å². The van der Waals surface area contributed by atoms with Gasteiger partial charge in [-0.15, -0.1) is 0 Å². The number of benzene rings is 1. The first-order chi connectivity index (χ1) is 13.6. The molecule has 0 radical (unpaired) electrons. The fourth-order valence-electron chi connectivity index (χ4n) is 3.75. The van der Waals surface area contributed by atoms with Crippen molar-refractivity contribution in [3.8, 4) is 0 Å². The van der Waals surface area contributed by atoms with Crippen LogP contribution < -0.4 is 5.56 Å². The van der Waals surface area contributed by atoms with E-state index in [1.165, 1.54) is 0 Å². The molecule has 1 amide bonds. The minimum atomic E-state index is -0.218. The van der Waals surface area contributed by atoms with Crippen LogP contribution in [-0.2, 0) is 6.42 Å². The van der Waals surface area contributed by atoms with Crippen LogP contribution in [0, 0.1) is 6.92 Å². The number of likely N-dealkylation sites (tertiary alicyclic amines) is 1. The summed E-state index contributed by atoms with van der Waals surface area (Å²) in [6, 6.07) is 13.2. The summed E-state index contributed by atoms with van der Waals surface area (Å²) in [6.07, 6.45) is 5.42. The maximum Gasteiger partial charge on any atom is 0.256 e. The molecule has 0 aliphatic carbocycles. The number of hydrogen-bond acceptors (Lipinski definition) is 4. The van der Waals surface area contributed by atoms with Crippen LogP contribution >= 0.6 is 0 Å². The Morgan fingerprint density at radius 3 is 2.75 bits per heavy atom. The molecule has 3 aromatic rings. The first-order valence-corrected chi connectivity index (χ1v) is 9.48. The number of pyridine rings is 1. The van der Waals surface area contributed by atoms with Gasteiger partial charge < -0.3 is 9.88 Å². The molecule has 2 aromatic heterocycles. The Hall–Kier alpha value is -3.28. The molecule has 6 heteroatoms. The average Bonchev–Trinajstić information content (AvgIpc) is 3.21. The van der Waals surface area contributed by atoms with Crippen molar-refractivity contribution >= 4 is 5.91 Å². The predicted octanol–water partition coefficient (Wildman–Crippen LogP) is 3.04. The first-order valence-electron chi connectivity index (χ1n) is 9.48. The van der Waals surface area contributed by atoms with E-state index in [1.54, 1.807) is 29.4 Å². The van der Waals surface area contributed by atoms with Crippen LogP contribution in [0.4, 0.5) is 0 Å². The summed E-state index contributed by atoms with van der Waals surface area (Å²) in [5.74, 6) is 0.485. The molecular weight excluding hydrogens is 352 g/mol. The van der Waals surface area contributed by atoms with Crippen molar-refractivity contribution < 1.29 is 4.79 Å². The molecule has 6 nitrogen and oxygen atoms in total. The lowest BCUT2D eigenvalue weighted by atomic mass is 10.0. The summed E-state index contributed by atoms with van der Waals surface area (Å²) in [6.45, 7) is 2.51. The van der Waals surface area contributed by atoms with Gasteiger partial charge in [-0.05, 0) is 37.5 Å². The minimum Gasteiger partial charge on any atom is -0.328 e. The highest BCUT2D eigenvalue weighted by atomic mass is 16.2. The largest absolute Gasteiger partial charge is 0.328 e. The molecule has 1 aliphatic heterocycles. The number of hydrogen-bond donors (Lipinski definition) is 1. The third-order valence-corrected chi connectivity index (χ3v) is 5.20. The number of H-pyrrole nitrogens is 1. The van der Waals surface area contributed by atoms with Gasteiger partial charge in [-0.1, -0.05) is 30.3 Å². The molecule has 0 spiro atoms. The topological polar surface area (TPSA) is 79.0 Å². The zero-order valence-electron chi connectivity index (χ0n) is 15.8. The highest BCUT2D eigenvalue weighted by molar-refractivity contribution is 5.94. The molecule has 1 aliphatic rings. The van der Waals surface area contributed by atoms with Crippen molar-refractivity contribution in [1.29, 1.82) is 0 Å². The van der Waals surface area contributed by atoms with E-state index in [0.29, 0.717) is 35.6 Å². The number of carbonyl (C=O) groups is 1. The van der Waals surface area contributed by atoms with E-state index in [0.717, 1.165) is 18.4 Å². The van der Waals surface area contributed by atoms with E-state index in [-0.39, 0.29) is 17.5 Å². The molecule has 142 valence electrons. The van der Waals surface area contributed by atoms with Crippen molar-refractivity contribution in [3.05, 3.63) is 93.4 Å². The van der Waals surface area contributed by atoms with Crippen LogP contribution in [0.5, 0.6) is 0 Å². The monoisotopic (exact) mass is 374 g/mol. The quantitative estimate of drug-likeness (QED) is 0.761. The number of aromatic nitrogens is 3. The average molecular weight is 374 g/mol. The molecule has 1 N–H and O–H groups in total. The highest BCUT2D eigenvalue weighted by Crippen LogP contribution is 2.31. The molecule has 4 rings (SSSR count). The van der Waals surface area contributed by atoms with E-state index >= 15 is 0 Å². The summed E-state index contributed by atoms with van der Waals surface area (Å²) in [5, 5.41) is 0. The molecule has 1 fully saturated rings. The zero-order valence-corrected chi connectivity index (χ0v) is 15.8. The second kappa shape index (κ2) is 7.76. The van der Waals surface area contributed by atoms with Gasteiger partial charge in [0.1, 0.15) is 5.82 Å². The maximum absolute atomic E-state index is 12.9. The Bertz CT molecular complexity index is 1030. The van der Waals surface area contributed by atoms with Crippen LogP contribution in [0.1, 0.15) is 51.9 Å². The number of rotatable bonds is 4. The molecule has 1 aromatic carbocycles. The predicted molar refractivity (Wildman–Crippen MR) is 106 cm³/mol. The van der Waals surface area contributed by atoms with Gasteiger partial charge in [-0.25, -0.2) is 4.98 Å². The van der Waals surface area contributed by atoms with Gasteiger partial charge in [0.15, 0.2) is 0 Å². The molecule has 1 saturated heterocycles. The second-order valence-corrected chi connectivity index (χ2v) is 7.08. The van der Waals surface area contributed by atoms with Gasteiger partial charge in [-0.2, -0.15) is 0 Å². The van der Waals surface area contributed by atoms with E-state index in [2.05, 4.69) is 15.0 Å². The van der Waals surface area contributed by atoms with Crippen LogP contribution in [0.15, 0.2) is 59.7 Å². The van der Waals surface area contributed by atoms with Gasteiger partial charge in [-0.3, -0.25) is 14.6 Å². The highest BCUT2D eigenvalue weighted by Gasteiger charge is 2.32. The molecule has 0 unspecified atom stereocenters. The second-order valence-electron chi connectivity index (χ2n) is 7.08. The Kier molecular flexibility index (Phi) is 5.02. The number of aromatic amines is 1. The molecule has 1 atom stereocenters. The molecule has 0 saturated carbocycles. The van der Waals surface area contributed by atoms with E-state index in [1.807, 2.05) is 37.3 Å². The molecule has 3 heterocycles. The lowest BCUT2D eigenvalue weighted by Gasteiger charge is -2.24. The summed E-state index contributed by atoms with van der Waals surface area (Å²) in [4.78, 5) is 39.1. The normalized spacial score (nSPS) is 16.3. The van der Waals surface area contributed by atoms with Gasteiger partial charge in [0.05, 0.1) is 11.6 Å².